The van der Waals surface area contributed by atoms with Gasteiger partial charge in [0.25, 0.3) is 0 Å². The second-order valence-electron chi connectivity index (χ2n) is 6.48. The van der Waals surface area contributed by atoms with Crippen LogP contribution >= 0.6 is 0 Å². The number of hydrogen-bond acceptors (Lipinski definition) is 4. The number of aromatic hydroxyl groups is 1. The third kappa shape index (κ3) is 4.29. The third-order valence-corrected chi connectivity index (χ3v) is 3.60. The molecule has 0 aliphatic carbocycles. The Hall–Kier alpha value is -1.88. The van der Waals surface area contributed by atoms with Crippen molar-refractivity contribution >= 4 is 0 Å². The summed E-state index contributed by atoms with van der Waals surface area (Å²) in [7, 11) is 0. The van der Waals surface area contributed by atoms with Crippen LogP contribution in [0.25, 0.3) is 0 Å². The van der Waals surface area contributed by atoms with Gasteiger partial charge in [-0.15, -0.1) is 0 Å². The molecule has 1 unspecified atom stereocenters. The van der Waals surface area contributed by atoms with Gasteiger partial charge in [-0.25, -0.2) is 4.98 Å². The molecule has 0 amide bonds. The fourth-order valence-corrected chi connectivity index (χ4v) is 2.20. The topological polar surface area (TPSA) is 63.0 Å². The van der Waals surface area contributed by atoms with Crippen molar-refractivity contribution in [3.05, 3.63) is 42.2 Å². The molecule has 2 aromatic rings. The molecule has 5 heteroatoms. The van der Waals surface area contributed by atoms with Gasteiger partial charge in [-0.1, -0.05) is 20.8 Å². The van der Waals surface area contributed by atoms with Crippen LogP contribution in [0.4, 0.5) is 0 Å². The predicted molar refractivity (Wildman–Crippen MR) is 82.9 cm³/mol. The number of nitrogens with one attached hydrogen (secondary N) is 1. The monoisotopic (exact) mass is 288 g/mol. The first-order valence-electron chi connectivity index (χ1n) is 7.21. The summed E-state index contributed by atoms with van der Waals surface area (Å²) in [6.45, 7) is 9.90. The molecule has 2 N–H and O–H groups in total. The maximum atomic E-state index is 9.89. The van der Waals surface area contributed by atoms with Crippen LogP contribution in [0, 0.1) is 12.3 Å². The molecule has 0 radical (unpaired) electrons. The van der Waals surface area contributed by atoms with Gasteiger partial charge in [0.15, 0.2) is 0 Å². The summed E-state index contributed by atoms with van der Waals surface area (Å²) in [5.41, 5.74) is 1.69. The Kier molecular flexibility index (Phi) is 4.63. The molecule has 21 heavy (non-hydrogen) atoms. The quantitative estimate of drug-likeness (QED) is 0.887. The molecule has 0 saturated carbocycles. The molecular formula is C16H24N4O. The average Bonchev–Trinajstić information content (AvgIpc) is 2.89. The van der Waals surface area contributed by atoms with Crippen molar-refractivity contribution in [2.75, 3.05) is 0 Å². The third-order valence-electron chi connectivity index (χ3n) is 3.60. The first-order valence-corrected chi connectivity index (χ1v) is 7.21. The van der Waals surface area contributed by atoms with Gasteiger partial charge in [0, 0.05) is 37.2 Å². The Morgan fingerprint density at radius 3 is 2.71 bits per heavy atom. The number of imidazole rings is 1. The van der Waals surface area contributed by atoms with E-state index in [-0.39, 0.29) is 17.2 Å². The lowest BCUT2D eigenvalue weighted by atomic mass is 9.86. The smallest absolute Gasteiger partial charge is 0.138 e. The summed E-state index contributed by atoms with van der Waals surface area (Å²) in [5.74, 6) is 0.239. The van der Waals surface area contributed by atoms with E-state index in [0.29, 0.717) is 12.2 Å². The largest absolute Gasteiger partial charge is 0.506 e. The zero-order valence-corrected chi connectivity index (χ0v) is 13.2. The molecule has 0 saturated heterocycles. The number of aromatic nitrogens is 3. The first-order chi connectivity index (χ1) is 9.86. The number of hydrogen-bond donors (Lipinski definition) is 2. The van der Waals surface area contributed by atoms with Gasteiger partial charge in [0.1, 0.15) is 5.75 Å². The van der Waals surface area contributed by atoms with Crippen molar-refractivity contribution in [2.45, 2.75) is 46.8 Å². The molecule has 114 valence electrons. The Morgan fingerprint density at radius 1 is 1.33 bits per heavy atom. The van der Waals surface area contributed by atoms with Crippen LogP contribution in [-0.4, -0.2) is 25.7 Å². The molecule has 0 spiro atoms. The summed E-state index contributed by atoms with van der Waals surface area (Å²) < 4.78 is 2.06. The van der Waals surface area contributed by atoms with E-state index < -0.39 is 0 Å². The van der Waals surface area contributed by atoms with E-state index in [1.165, 1.54) is 0 Å². The van der Waals surface area contributed by atoms with Crippen molar-refractivity contribution in [3.63, 3.8) is 0 Å². The number of nitrogens with zero attached hydrogens (tertiary/aromatic N) is 3. The van der Waals surface area contributed by atoms with Crippen LogP contribution in [0.2, 0.25) is 0 Å². The van der Waals surface area contributed by atoms with E-state index in [1.54, 1.807) is 12.3 Å². The second kappa shape index (κ2) is 6.26. The van der Waals surface area contributed by atoms with Crippen molar-refractivity contribution in [2.24, 2.45) is 5.41 Å². The van der Waals surface area contributed by atoms with Crippen molar-refractivity contribution in [1.82, 2.24) is 19.9 Å². The summed E-state index contributed by atoms with van der Waals surface area (Å²) in [6.07, 6.45) is 5.57. The summed E-state index contributed by atoms with van der Waals surface area (Å²) in [6, 6.07) is 3.75. The molecular weight excluding hydrogens is 264 g/mol. The molecule has 5 nitrogen and oxygen atoms in total. The highest BCUT2D eigenvalue weighted by Gasteiger charge is 2.24. The van der Waals surface area contributed by atoms with Gasteiger partial charge < -0.3 is 15.0 Å². The Bertz CT molecular complexity index is 572. The van der Waals surface area contributed by atoms with E-state index in [0.717, 1.165) is 12.2 Å². The highest BCUT2D eigenvalue weighted by molar-refractivity contribution is 5.27. The number of aryl methyl sites for hydroxylation is 1. The lowest BCUT2D eigenvalue weighted by Crippen LogP contribution is -2.43. The van der Waals surface area contributed by atoms with Gasteiger partial charge in [-0.2, -0.15) is 0 Å². The summed E-state index contributed by atoms with van der Waals surface area (Å²) >= 11 is 0. The van der Waals surface area contributed by atoms with Gasteiger partial charge in [-0.3, -0.25) is 4.98 Å². The fourth-order valence-electron chi connectivity index (χ4n) is 2.20. The molecule has 0 fully saturated rings. The van der Waals surface area contributed by atoms with Crippen LogP contribution in [0.5, 0.6) is 5.75 Å². The van der Waals surface area contributed by atoms with Crippen LogP contribution in [-0.2, 0) is 13.1 Å². The SMILES string of the molecule is Cc1ccc(O)c(CNC(Cn2ccnc2)C(C)(C)C)n1. The van der Waals surface area contributed by atoms with Gasteiger partial charge >= 0.3 is 0 Å². The fraction of sp³-hybridized carbons (Fsp3) is 0.500. The van der Waals surface area contributed by atoms with Crippen molar-refractivity contribution in [3.8, 4) is 5.75 Å². The van der Waals surface area contributed by atoms with Crippen LogP contribution in [0.1, 0.15) is 32.2 Å². The van der Waals surface area contributed by atoms with E-state index >= 15 is 0 Å². The molecule has 2 heterocycles. The molecule has 0 aromatic carbocycles. The lowest BCUT2D eigenvalue weighted by molar-refractivity contribution is 0.238. The van der Waals surface area contributed by atoms with Gasteiger partial charge in [0.2, 0.25) is 0 Å². The Labute approximate surface area is 126 Å². The first kappa shape index (κ1) is 15.5. The lowest BCUT2D eigenvalue weighted by Gasteiger charge is -2.32. The average molecular weight is 288 g/mol. The molecule has 2 aromatic heterocycles. The maximum Gasteiger partial charge on any atom is 0.138 e. The van der Waals surface area contributed by atoms with Crippen LogP contribution < -0.4 is 5.32 Å². The Balaban J connectivity index is 2.07. The highest BCUT2D eigenvalue weighted by Crippen LogP contribution is 2.22. The van der Waals surface area contributed by atoms with E-state index in [1.807, 2.05) is 25.5 Å². The highest BCUT2D eigenvalue weighted by atomic mass is 16.3. The van der Waals surface area contributed by atoms with Crippen molar-refractivity contribution in [1.29, 1.82) is 0 Å². The standard InChI is InChI=1S/C16H24N4O/c1-12-5-6-14(21)13(19-12)9-18-15(16(2,3)4)10-20-8-7-17-11-20/h5-8,11,15,18,21H,9-10H2,1-4H3. The normalized spacial score (nSPS) is 13.3. The van der Waals surface area contributed by atoms with Crippen LogP contribution in [0.15, 0.2) is 30.9 Å². The van der Waals surface area contributed by atoms with E-state index in [2.05, 4.69) is 40.6 Å². The Morgan fingerprint density at radius 2 is 2.10 bits per heavy atom. The number of rotatable bonds is 5. The maximum absolute atomic E-state index is 9.89. The minimum absolute atomic E-state index is 0.0870. The van der Waals surface area contributed by atoms with E-state index in [4.69, 9.17) is 0 Å². The van der Waals surface area contributed by atoms with E-state index in [9.17, 15) is 5.11 Å². The molecule has 1 atom stereocenters. The molecule has 0 aliphatic heterocycles. The molecule has 0 aliphatic rings. The predicted octanol–water partition coefficient (Wildman–Crippen LogP) is 2.50. The second-order valence-corrected chi connectivity index (χ2v) is 6.48. The molecule has 2 rings (SSSR count). The minimum atomic E-state index is 0.0870. The van der Waals surface area contributed by atoms with Crippen LogP contribution in [0.3, 0.4) is 0 Å². The minimum Gasteiger partial charge on any atom is -0.506 e. The summed E-state index contributed by atoms with van der Waals surface area (Å²) in [5, 5.41) is 13.4. The van der Waals surface area contributed by atoms with Gasteiger partial charge in [0.05, 0.1) is 12.0 Å². The molecule has 0 bridgehead atoms. The number of pyridine rings is 1. The zero-order valence-electron chi connectivity index (χ0n) is 13.2. The zero-order chi connectivity index (χ0) is 15.5. The van der Waals surface area contributed by atoms with Crippen molar-refractivity contribution < 1.29 is 5.11 Å². The van der Waals surface area contributed by atoms with Gasteiger partial charge in [-0.05, 0) is 24.5 Å². The summed E-state index contributed by atoms with van der Waals surface area (Å²) in [4.78, 5) is 8.48.